The quantitative estimate of drug-likeness (QED) is 0.267. The molecule has 1 aliphatic heterocycles. The average molecular weight is 600 g/mol. The van der Waals surface area contributed by atoms with Crippen LogP contribution < -0.4 is 0 Å². The molecule has 12 atom stereocenters. The summed E-state index contributed by atoms with van der Waals surface area (Å²) < 4.78 is 18.4. The molecule has 1 saturated heterocycles. The lowest BCUT2D eigenvalue weighted by atomic mass is 9.47. The smallest absolute Gasteiger partial charge is 0.302 e. The number of fused-ring (bicyclic) bond motifs is 7. The Bertz CT molecular complexity index is 1150. The summed E-state index contributed by atoms with van der Waals surface area (Å²) in [7, 11) is 0. The van der Waals surface area contributed by atoms with E-state index in [9.17, 15) is 19.2 Å². The molecule has 2 amide bonds. The van der Waals surface area contributed by atoms with Gasteiger partial charge in [-0.2, -0.15) is 0 Å². The molecule has 0 aromatic carbocycles. The Morgan fingerprint density at radius 3 is 2.35 bits per heavy atom. The van der Waals surface area contributed by atoms with E-state index in [0.717, 1.165) is 32.1 Å². The number of hydrogen-bond acceptors (Lipinski definition) is 7. The third-order valence-corrected chi connectivity index (χ3v) is 12.5. The summed E-state index contributed by atoms with van der Waals surface area (Å²) >= 11 is 0. The summed E-state index contributed by atoms with van der Waals surface area (Å²) in [4.78, 5) is 49.1. The third kappa shape index (κ3) is 5.82. The highest BCUT2D eigenvalue weighted by Gasteiger charge is 2.66. The summed E-state index contributed by atoms with van der Waals surface area (Å²) in [6, 6.07) is 0. The molecule has 240 valence electrons. The molecule has 1 heterocycles. The molecule has 5 aliphatic rings. The Balaban J connectivity index is 1.31. The van der Waals surface area contributed by atoms with Gasteiger partial charge in [-0.05, 0) is 91.3 Å². The standard InChI is InChI=1S/C35H53NO7/c1-19(18-36(21(3)37)22(4)38)15-31(42-24(6)40)33-20(2)32-30(43-33)17-29-27-10-9-25-16-26(41-23(5)39)11-13-34(25,7)28(27)12-14-35(29,32)8/h9,19-20,26-33H,10-18H2,1-8H3/t19?,20-,26-,27+,28-,29-,30-,31?,32-,33?,34-,35-/m0/s1. The first kappa shape index (κ1) is 32.2. The number of rotatable bonds is 7. The summed E-state index contributed by atoms with van der Waals surface area (Å²) in [5.74, 6) is 1.42. The minimum absolute atomic E-state index is 0.0140. The Morgan fingerprint density at radius 2 is 1.72 bits per heavy atom. The average Bonchev–Trinajstić information content (AvgIpc) is 3.39. The van der Waals surface area contributed by atoms with Crippen molar-refractivity contribution in [3.05, 3.63) is 11.6 Å². The summed E-state index contributed by atoms with van der Waals surface area (Å²) in [6.45, 7) is 15.3. The largest absolute Gasteiger partial charge is 0.462 e. The van der Waals surface area contributed by atoms with Crippen molar-refractivity contribution in [1.82, 2.24) is 4.90 Å². The lowest BCUT2D eigenvalue weighted by molar-refractivity contribution is -0.159. The van der Waals surface area contributed by atoms with E-state index >= 15 is 0 Å². The van der Waals surface area contributed by atoms with E-state index in [1.807, 2.05) is 6.92 Å². The summed E-state index contributed by atoms with van der Waals surface area (Å²) in [5, 5.41) is 0. The fraction of sp³-hybridized carbons (Fsp3) is 0.829. The Morgan fingerprint density at radius 1 is 1.02 bits per heavy atom. The second-order valence-corrected chi connectivity index (χ2v) is 15.2. The van der Waals surface area contributed by atoms with E-state index in [2.05, 4.69) is 26.8 Å². The molecule has 8 heteroatoms. The molecule has 8 nitrogen and oxygen atoms in total. The molecular weight excluding hydrogens is 546 g/mol. The first-order valence-electron chi connectivity index (χ1n) is 16.6. The number of imide groups is 1. The monoisotopic (exact) mass is 599 g/mol. The van der Waals surface area contributed by atoms with Crippen molar-refractivity contribution < 1.29 is 33.4 Å². The van der Waals surface area contributed by atoms with Crippen LogP contribution in [0.5, 0.6) is 0 Å². The molecule has 4 aliphatic carbocycles. The summed E-state index contributed by atoms with van der Waals surface area (Å²) in [5.41, 5.74) is 1.85. The van der Waals surface area contributed by atoms with Gasteiger partial charge in [-0.25, -0.2) is 0 Å². The van der Waals surface area contributed by atoms with Gasteiger partial charge < -0.3 is 14.2 Å². The fourth-order valence-corrected chi connectivity index (χ4v) is 10.7. The minimum Gasteiger partial charge on any atom is -0.462 e. The summed E-state index contributed by atoms with van der Waals surface area (Å²) in [6.07, 6.45) is 9.99. The number of carbonyl (C=O) groups excluding carboxylic acids is 4. The van der Waals surface area contributed by atoms with Crippen molar-refractivity contribution in [1.29, 1.82) is 0 Å². The molecule has 0 aromatic rings. The molecule has 0 spiro atoms. The maximum atomic E-state index is 12.2. The lowest BCUT2D eigenvalue weighted by Gasteiger charge is -2.58. The first-order valence-corrected chi connectivity index (χ1v) is 16.6. The molecule has 0 radical (unpaired) electrons. The number of carbonyl (C=O) groups is 4. The van der Waals surface area contributed by atoms with Crippen molar-refractivity contribution in [2.75, 3.05) is 6.54 Å². The number of amides is 2. The van der Waals surface area contributed by atoms with Crippen molar-refractivity contribution >= 4 is 23.8 Å². The van der Waals surface area contributed by atoms with Crippen LogP contribution in [0.2, 0.25) is 0 Å². The molecule has 0 N–H and O–H groups in total. The molecule has 4 fully saturated rings. The van der Waals surface area contributed by atoms with Gasteiger partial charge in [0, 0.05) is 40.7 Å². The van der Waals surface area contributed by atoms with Crippen molar-refractivity contribution in [3.8, 4) is 0 Å². The Hall–Kier alpha value is -2.22. The van der Waals surface area contributed by atoms with Crippen molar-refractivity contribution in [2.45, 2.75) is 131 Å². The molecular formula is C35H53NO7. The topological polar surface area (TPSA) is 99.2 Å². The van der Waals surface area contributed by atoms with E-state index in [1.54, 1.807) is 0 Å². The molecule has 43 heavy (non-hydrogen) atoms. The molecule has 3 saturated carbocycles. The predicted octanol–water partition coefficient (Wildman–Crippen LogP) is 5.86. The molecule has 3 unspecified atom stereocenters. The molecule has 5 rings (SSSR count). The zero-order chi connectivity index (χ0) is 31.4. The van der Waals surface area contributed by atoms with E-state index in [0.29, 0.717) is 36.6 Å². The van der Waals surface area contributed by atoms with E-state index < -0.39 is 6.10 Å². The highest BCUT2D eigenvalue weighted by Crippen LogP contribution is 2.69. The van der Waals surface area contributed by atoms with Crippen molar-refractivity contribution in [2.24, 2.45) is 46.3 Å². The maximum Gasteiger partial charge on any atom is 0.302 e. The normalized spacial score (nSPS) is 41.0. The lowest BCUT2D eigenvalue weighted by Crippen LogP contribution is -2.51. The van der Waals surface area contributed by atoms with Crippen LogP contribution >= 0.6 is 0 Å². The third-order valence-electron chi connectivity index (χ3n) is 12.5. The minimum atomic E-state index is -0.418. The van der Waals surface area contributed by atoms with Gasteiger partial charge in [0.1, 0.15) is 12.2 Å². The van der Waals surface area contributed by atoms with Crippen LogP contribution in [0.1, 0.15) is 107 Å². The zero-order valence-corrected chi connectivity index (χ0v) is 27.5. The van der Waals surface area contributed by atoms with Crippen LogP contribution in [0.4, 0.5) is 0 Å². The van der Waals surface area contributed by atoms with E-state index in [4.69, 9.17) is 14.2 Å². The fourth-order valence-electron chi connectivity index (χ4n) is 10.7. The van der Waals surface area contributed by atoms with Gasteiger partial charge in [0.05, 0.1) is 12.2 Å². The van der Waals surface area contributed by atoms with Crippen LogP contribution in [0.15, 0.2) is 11.6 Å². The Labute approximate surface area is 257 Å². The highest BCUT2D eigenvalue weighted by atomic mass is 16.6. The van der Waals surface area contributed by atoms with Gasteiger partial charge in [-0.15, -0.1) is 0 Å². The highest BCUT2D eigenvalue weighted by molar-refractivity contribution is 5.92. The number of hydrogen-bond donors (Lipinski definition) is 0. The van der Waals surface area contributed by atoms with Crippen molar-refractivity contribution in [3.63, 3.8) is 0 Å². The van der Waals surface area contributed by atoms with Gasteiger partial charge >= 0.3 is 11.9 Å². The van der Waals surface area contributed by atoms with Crippen LogP contribution in [0, 0.1) is 46.3 Å². The maximum absolute atomic E-state index is 12.2. The second kappa shape index (κ2) is 11.9. The number of ether oxygens (including phenoxy) is 3. The number of nitrogens with zero attached hydrogens (tertiary/aromatic N) is 1. The molecule has 0 bridgehead atoms. The SMILES string of the molecule is CC(=O)OC(CC(C)CN(C(C)=O)C(C)=O)C1O[C@H]2C[C@H]3[C@@H]4CC=C5C[C@@H](OC(C)=O)CC[C@]5(C)[C@H]4CC[C@]3(C)[C@H]2[C@@H]1C. The van der Waals surface area contributed by atoms with E-state index in [-0.39, 0.29) is 64.7 Å². The van der Waals surface area contributed by atoms with Gasteiger partial charge in [-0.1, -0.05) is 39.3 Å². The van der Waals surface area contributed by atoms with Crippen LogP contribution in [-0.4, -0.2) is 59.6 Å². The van der Waals surface area contributed by atoms with Crippen LogP contribution in [0.3, 0.4) is 0 Å². The van der Waals surface area contributed by atoms with E-state index in [1.165, 1.54) is 51.0 Å². The van der Waals surface area contributed by atoms with Gasteiger partial charge in [0.15, 0.2) is 0 Å². The Kier molecular flexibility index (Phi) is 8.94. The predicted molar refractivity (Wildman–Crippen MR) is 161 cm³/mol. The van der Waals surface area contributed by atoms with Gasteiger partial charge in [-0.3, -0.25) is 24.1 Å². The number of esters is 2. The number of allylic oxidation sites excluding steroid dienone is 1. The van der Waals surface area contributed by atoms with Gasteiger partial charge in [0.25, 0.3) is 0 Å². The first-order chi connectivity index (χ1) is 20.2. The zero-order valence-electron chi connectivity index (χ0n) is 27.5. The second-order valence-electron chi connectivity index (χ2n) is 15.2. The van der Waals surface area contributed by atoms with Gasteiger partial charge in [0.2, 0.25) is 11.8 Å². The molecule has 0 aromatic heterocycles. The van der Waals surface area contributed by atoms with Crippen LogP contribution in [-0.2, 0) is 33.4 Å². The van der Waals surface area contributed by atoms with Crippen LogP contribution in [0.25, 0.3) is 0 Å².